The molecule has 0 saturated carbocycles. The summed E-state index contributed by atoms with van der Waals surface area (Å²) in [6, 6.07) is 35.8. The molecule has 0 aliphatic heterocycles. The van der Waals surface area contributed by atoms with E-state index in [1.54, 1.807) is 0 Å². The lowest BCUT2D eigenvalue weighted by Gasteiger charge is -2.22. The maximum Gasteiger partial charge on any atom is 0.160 e. The number of fused-ring (bicyclic) bond motifs is 1. The fraction of sp³-hybridized carbons (Fsp3) is 0.133. The Labute approximate surface area is 189 Å². The monoisotopic (exact) mass is 414 g/mol. The lowest BCUT2D eigenvalue weighted by Crippen LogP contribution is -2.11. The molecule has 2 heteroatoms. The molecule has 0 spiro atoms. The number of nitrogens with zero attached hydrogens (tertiary/aromatic N) is 2. The molecule has 0 N–H and O–H groups in total. The first-order chi connectivity index (χ1) is 15.5. The summed E-state index contributed by atoms with van der Waals surface area (Å²) < 4.78 is 0. The minimum Gasteiger partial charge on any atom is -0.228 e. The third-order valence-electron chi connectivity index (χ3n) is 5.84. The van der Waals surface area contributed by atoms with Gasteiger partial charge >= 0.3 is 0 Å². The molecule has 0 aliphatic rings. The maximum absolute atomic E-state index is 5.03. The quantitative estimate of drug-likeness (QED) is 0.299. The topological polar surface area (TPSA) is 25.8 Å². The number of rotatable bonds is 3. The number of aromatic nitrogens is 2. The molecule has 1 heterocycles. The van der Waals surface area contributed by atoms with Crippen LogP contribution >= 0.6 is 0 Å². The maximum atomic E-state index is 5.03. The number of hydrogen-bond acceptors (Lipinski definition) is 2. The van der Waals surface area contributed by atoms with E-state index in [1.165, 1.54) is 16.3 Å². The van der Waals surface area contributed by atoms with Crippen LogP contribution < -0.4 is 0 Å². The van der Waals surface area contributed by atoms with Gasteiger partial charge in [-0.2, -0.15) is 0 Å². The van der Waals surface area contributed by atoms with Crippen molar-refractivity contribution in [3.63, 3.8) is 0 Å². The van der Waals surface area contributed by atoms with E-state index < -0.39 is 0 Å². The summed E-state index contributed by atoms with van der Waals surface area (Å²) in [7, 11) is 0. The van der Waals surface area contributed by atoms with Crippen molar-refractivity contribution in [3.8, 4) is 33.9 Å². The van der Waals surface area contributed by atoms with Crippen molar-refractivity contribution in [2.75, 3.05) is 0 Å². The van der Waals surface area contributed by atoms with E-state index in [0.717, 1.165) is 33.9 Å². The first-order valence-corrected chi connectivity index (χ1v) is 11.0. The minimum atomic E-state index is 0.0637. The molecule has 0 aliphatic carbocycles. The van der Waals surface area contributed by atoms with Gasteiger partial charge in [-0.3, -0.25) is 0 Å². The van der Waals surface area contributed by atoms with Crippen molar-refractivity contribution in [2.45, 2.75) is 26.2 Å². The van der Waals surface area contributed by atoms with Gasteiger partial charge in [0.25, 0.3) is 0 Å². The van der Waals surface area contributed by atoms with Crippen LogP contribution in [-0.2, 0) is 5.41 Å². The summed E-state index contributed by atoms with van der Waals surface area (Å²) in [6.07, 6.45) is 0. The van der Waals surface area contributed by atoms with E-state index in [1.807, 2.05) is 36.4 Å². The molecule has 0 amide bonds. The summed E-state index contributed by atoms with van der Waals surface area (Å²) >= 11 is 0. The summed E-state index contributed by atoms with van der Waals surface area (Å²) in [5, 5.41) is 2.50. The van der Waals surface area contributed by atoms with Gasteiger partial charge < -0.3 is 0 Å². The summed E-state index contributed by atoms with van der Waals surface area (Å²) in [6.45, 7) is 6.79. The second-order valence-corrected chi connectivity index (χ2v) is 9.15. The van der Waals surface area contributed by atoms with Crippen LogP contribution in [0.1, 0.15) is 26.3 Å². The van der Waals surface area contributed by atoms with E-state index in [2.05, 4.69) is 87.5 Å². The number of hydrogen-bond donors (Lipinski definition) is 0. The average Bonchev–Trinajstić information content (AvgIpc) is 2.83. The van der Waals surface area contributed by atoms with Gasteiger partial charge in [-0.15, -0.1) is 0 Å². The molecule has 2 nitrogen and oxygen atoms in total. The third kappa shape index (κ3) is 3.80. The molecule has 1 aromatic heterocycles. The molecule has 4 aromatic carbocycles. The zero-order valence-corrected chi connectivity index (χ0v) is 18.7. The molecule has 0 bridgehead atoms. The van der Waals surface area contributed by atoms with Gasteiger partial charge in [-0.1, -0.05) is 118 Å². The molecule has 0 unspecified atom stereocenters. The summed E-state index contributed by atoms with van der Waals surface area (Å²) in [5.74, 6) is 0.742. The zero-order chi connectivity index (χ0) is 22.1. The zero-order valence-electron chi connectivity index (χ0n) is 18.7. The Kier molecular flexibility index (Phi) is 5.07. The molecule has 32 heavy (non-hydrogen) atoms. The smallest absolute Gasteiger partial charge is 0.160 e. The van der Waals surface area contributed by atoms with Crippen LogP contribution in [0.2, 0.25) is 0 Å². The second kappa shape index (κ2) is 8.05. The summed E-state index contributed by atoms with van der Waals surface area (Å²) in [4.78, 5) is 9.96. The lowest BCUT2D eigenvalue weighted by molar-refractivity contribution is 0.596. The van der Waals surface area contributed by atoms with Crippen LogP contribution in [0.15, 0.2) is 103 Å². The van der Waals surface area contributed by atoms with E-state index in [4.69, 9.17) is 9.97 Å². The highest BCUT2D eigenvalue weighted by Gasteiger charge is 2.19. The first-order valence-electron chi connectivity index (χ1n) is 11.0. The van der Waals surface area contributed by atoms with Gasteiger partial charge in [0.05, 0.1) is 11.4 Å². The first kappa shape index (κ1) is 20.1. The largest absolute Gasteiger partial charge is 0.228 e. The molecule has 5 aromatic rings. The molecule has 0 atom stereocenters. The predicted octanol–water partition coefficient (Wildman–Crippen LogP) is 7.93. The average molecular weight is 415 g/mol. The Morgan fingerprint density at radius 2 is 1.09 bits per heavy atom. The van der Waals surface area contributed by atoms with Crippen molar-refractivity contribution in [1.29, 1.82) is 0 Å². The van der Waals surface area contributed by atoms with Crippen LogP contribution in [0.3, 0.4) is 0 Å². The van der Waals surface area contributed by atoms with Crippen LogP contribution in [0.25, 0.3) is 44.7 Å². The molecule has 0 radical (unpaired) electrons. The van der Waals surface area contributed by atoms with Crippen LogP contribution in [0.4, 0.5) is 0 Å². The van der Waals surface area contributed by atoms with Crippen LogP contribution in [-0.4, -0.2) is 9.97 Å². The number of benzene rings is 4. The molecule has 0 fully saturated rings. The van der Waals surface area contributed by atoms with Gasteiger partial charge in [0, 0.05) is 16.7 Å². The fourth-order valence-corrected chi connectivity index (χ4v) is 4.23. The van der Waals surface area contributed by atoms with Crippen molar-refractivity contribution in [3.05, 3.63) is 109 Å². The van der Waals surface area contributed by atoms with Gasteiger partial charge in [-0.25, -0.2) is 9.97 Å². The third-order valence-corrected chi connectivity index (χ3v) is 5.84. The normalized spacial score (nSPS) is 11.6. The SMILES string of the molecule is CC(C)(C)c1ccc(-c2cc(-c3ccccc3)nc(-c3ccccc3)n2)c2ccccc12. The lowest BCUT2D eigenvalue weighted by atomic mass is 9.82. The van der Waals surface area contributed by atoms with Crippen LogP contribution in [0, 0.1) is 0 Å². The molecule has 0 saturated heterocycles. The van der Waals surface area contributed by atoms with Crippen molar-refractivity contribution in [2.24, 2.45) is 0 Å². The van der Waals surface area contributed by atoms with E-state index >= 15 is 0 Å². The standard InChI is InChI=1S/C30H26N2/c1-30(2,3)26-19-18-25(23-16-10-11-17-24(23)26)28-20-27(21-12-6-4-7-13-21)31-29(32-28)22-14-8-5-9-15-22/h4-20H,1-3H3. The highest BCUT2D eigenvalue weighted by Crippen LogP contribution is 2.37. The fourth-order valence-electron chi connectivity index (χ4n) is 4.23. The second-order valence-electron chi connectivity index (χ2n) is 9.15. The Morgan fingerprint density at radius 1 is 0.531 bits per heavy atom. The van der Waals surface area contributed by atoms with Gasteiger partial charge in [0.15, 0.2) is 5.82 Å². The van der Waals surface area contributed by atoms with Crippen LogP contribution in [0.5, 0.6) is 0 Å². The predicted molar refractivity (Wildman–Crippen MR) is 135 cm³/mol. The highest BCUT2D eigenvalue weighted by molar-refractivity contribution is 5.98. The van der Waals surface area contributed by atoms with Gasteiger partial charge in [0.2, 0.25) is 0 Å². The molecule has 156 valence electrons. The minimum absolute atomic E-state index is 0.0637. The Morgan fingerprint density at radius 3 is 1.75 bits per heavy atom. The van der Waals surface area contributed by atoms with Gasteiger partial charge in [-0.05, 0) is 27.8 Å². The molecular weight excluding hydrogens is 388 g/mol. The Balaban J connectivity index is 1.78. The van der Waals surface area contributed by atoms with Crippen molar-refractivity contribution in [1.82, 2.24) is 9.97 Å². The van der Waals surface area contributed by atoms with Crippen molar-refractivity contribution >= 4 is 10.8 Å². The van der Waals surface area contributed by atoms with E-state index in [-0.39, 0.29) is 5.41 Å². The van der Waals surface area contributed by atoms with Crippen molar-refractivity contribution < 1.29 is 0 Å². The van der Waals surface area contributed by atoms with Gasteiger partial charge in [0.1, 0.15) is 0 Å². The van der Waals surface area contributed by atoms with E-state index in [9.17, 15) is 0 Å². The Hall–Kier alpha value is -3.78. The Bertz CT molecular complexity index is 1320. The van der Waals surface area contributed by atoms with E-state index in [0.29, 0.717) is 0 Å². The molecular formula is C30H26N2. The highest BCUT2D eigenvalue weighted by atomic mass is 14.9. The summed E-state index contributed by atoms with van der Waals surface area (Å²) in [5.41, 5.74) is 6.51. The molecule has 5 rings (SSSR count).